The van der Waals surface area contributed by atoms with Gasteiger partial charge in [0.2, 0.25) is 0 Å². The van der Waals surface area contributed by atoms with Gasteiger partial charge in [0, 0.05) is 19.4 Å². The van der Waals surface area contributed by atoms with E-state index in [0.29, 0.717) is 6.42 Å². The third-order valence-corrected chi connectivity index (χ3v) is 6.73. The largest absolute Gasteiger partial charge is 0.472 e. The van der Waals surface area contributed by atoms with Gasteiger partial charge in [0.05, 0.1) is 13.2 Å². The molecule has 214 valence electrons. The van der Waals surface area contributed by atoms with Crippen LogP contribution in [0.3, 0.4) is 0 Å². The Morgan fingerprint density at radius 2 is 1.19 bits per heavy atom. The Hall–Kier alpha value is -0.990. The lowest BCUT2D eigenvalue weighted by Crippen LogP contribution is -2.29. The van der Waals surface area contributed by atoms with Crippen LogP contribution in [-0.4, -0.2) is 49.3 Å². The topological polar surface area (TPSA) is 134 Å². The number of hydrogen-bond acceptors (Lipinski definition) is 8. The molecule has 0 rings (SSSR count). The average Bonchev–Trinajstić information content (AvgIpc) is 2.85. The molecule has 9 nitrogen and oxygen atoms in total. The van der Waals surface area contributed by atoms with E-state index in [1.54, 1.807) is 0 Å². The van der Waals surface area contributed by atoms with Gasteiger partial charge in [-0.25, -0.2) is 4.57 Å². The number of unbranched alkanes of at least 4 members (excludes halogenated alkanes) is 13. The summed E-state index contributed by atoms with van der Waals surface area (Å²) in [7, 11) is -4.34. The quantitative estimate of drug-likeness (QED) is 0.0750. The van der Waals surface area contributed by atoms with Crippen molar-refractivity contribution >= 4 is 19.8 Å². The van der Waals surface area contributed by atoms with E-state index in [0.717, 1.165) is 38.5 Å². The predicted molar refractivity (Wildman–Crippen MR) is 141 cm³/mol. The number of ether oxygens (including phenoxy) is 2. The monoisotopic (exact) mass is 537 g/mol. The van der Waals surface area contributed by atoms with Crippen LogP contribution in [0.1, 0.15) is 123 Å². The highest BCUT2D eigenvalue weighted by Crippen LogP contribution is 2.43. The van der Waals surface area contributed by atoms with Gasteiger partial charge in [-0.15, -0.1) is 0 Å². The number of carbonyl (C=O) groups excluding carboxylic acids is 2. The lowest BCUT2D eigenvalue weighted by Gasteiger charge is -2.19. The minimum atomic E-state index is -4.34. The molecule has 36 heavy (non-hydrogen) atoms. The van der Waals surface area contributed by atoms with Crippen LogP contribution in [0.2, 0.25) is 0 Å². The van der Waals surface area contributed by atoms with Crippen molar-refractivity contribution in [1.29, 1.82) is 0 Å². The molecule has 0 bridgehead atoms. The molecule has 3 N–H and O–H groups in total. The molecule has 0 saturated heterocycles. The zero-order valence-corrected chi connectivity index (χ0v) is 23.7. The molecule has 0 aliphatic carbocycles. The zero-order valence-electron chi connectivity index (χ0n) is 22.8. The number of carbonyl (C=O) groups is 2. The van der Waals surface area contributed by atoms with E-state index >= 15 is 0 Å². The first-order chi connectivity index (χ1) is 17.3. The fraction of sp³-hybridized carbons (Fsp3) is 0.923. The van der Waals surface area contributed by atoms with Gasteiger partial charge in [0.15, 0.2) is 6.10 Å². The highest BCUT2D eigenvalue weighted by Gasteiger charge is 2.25. The van der Waals surface area contributed by atoms with Crippen LogP contribution in [0.5, 0.6) is 0 Å². The first-order valence-corrected chi connectivity index (χ1v) is 15.5. The SMILES string of the molecule is CCCCCCCCCCCCCC(=O)O[C@H](COC(=O)CCCCCC)COP(=O)(O)OCCN. The van der Waals surface area contributed by atoms with Crippen LogP contribution in [0.25, 0.3) is 0 Å². The van der Waals surface area contributed by atoms with E-state index in [4.69, 9.17) is 24.3 Å². The molecule has 10 heteroatoms. The van der Waals surface area contributed by atoms with Crippen LogP contribution < -0.4 is 5.73 Å². The van der Waals surface area contributed by atoms with Gasteiger partial charge in [-0.1, -0.05) is 97.3 Å². The second kappa shape index (κ2) is 24.4. The fourth-order valence-corrected chi connectivity index (χ4v) is 4.40. The molecule has 0 aliphatic heterocycles. The maximum absolute atomic E-state index is 12.3. The van der Waals surface area contributed by atoms with E-state index in [-0.39, 0.29) is 32.6 Å². The van der Waals surface area contributed by atoms with Gasteiger partial charge in [-0.3, -0.25) is 18.6 Å². The normalized spacial score (nSPS) is 13.8. The number of rotatable bonds is 26. The first-order valence-electron chi connectivity index (χ1n) is 14.0. The summed E-state index contributed by atoms with van der Waals surface area (Å²) in [5, 5.41) is 0. The summed E-state index contributed by atoms with van der Waals surface area (Å²) < 4.78 is 32.1. The molecule has 0 aromatic rings. The lowest BCUT2D eigenvalue weighted by atomic mass is 10.1. The summed E-state index contributed by atoms with van der Waals surface area (Å²) in [6.45, 7) is 3.55. The third kappa shape index (κ3) is 23.4. The lowest BCUT2D eigenvalue weighted by molar-refractivity contribution is -0.161. The van der Waals surface area contributed by atoms with Crippen molar-refractivity contribution in [1.82, 2.24) is 0 Å². The van der Waals surface area contributed by atoms with Crippen LogP contribution >= 0.6 is 7.82 Å². The van der Waals surface area contributed by atoms with Crippen molar-refractivity contribution in [2.45, 2.75) is 129 Å². The highest BCUT2D eigenvalue weighted by molar-refractivity contribution is 7.47. The molecule has 2 atom stereocenters. The Morgan fingerprint density at radius 3 is 1.72 bits per heavy atom. The number of esters is 2. The summed E-state index contributed by atoms with van der Waals surface area (Å²) in [4.78, 5) is 34.0. The Labute approximate surface area is 218 Å². The van der Waals surface area contributed by atoms with Crippen LogP contribution in [0.15, 0.2) is 0 Å². The van der Waals surface area contributed by atoms with E-state index in [1.807, 2.05) is 0 Å². The molecular weight excluding hydrogens is 485 g/mol. The number of hydrogen-bond donors (Lipinski definition) is 2. The van der Waals surface area contributed by atoms with Crippen molar-refractivity contribution in [2.24, 2.45) is 5.73 Å². The Bertz CT molecular complexity index is 590. The maximum atomic E-state index is 12.3. The van der Waals surface area contributed by atoms with Crippen LogP contribution in [-0.2, 0) is 32.7 Å². The van der Waals surface area contributed by atoms with E-state index < -0.39 is 32.5 Å². The standard InChI is InChI=1S/C26H52NO8P/c1-3-5-7-9-10-11-12-13-14-15-17-19-26(29)35-24(23-34-36(30,31)33-21-20-27)22-32-25(28)18-16-8-6-4-2/h24H,3-23,27H2,1-2H3,(H,30,31)/t24-/m1/s1. The molecule has 0 spiro atoms. The fourth-order valence-electron chi connectivity index (χ4n) is 3.63. The molecular formula is C26H52NO8P. The first kappa shape index (κ1) is 35.0. The minimum Gasteiger partial charge on any atom is -0.462 e. The van der Waals surface area contributed by atoms with Crippen molar-refractivity contribution in [3.8, 4) is 0 Å². The summed E-state index contributed by atoms with van der Waals surface area (Å²) in [6.07, 6.45) is 16.3. The molecule has 0 radical (unpaired) electrons. The molecule has 0 aliphatic rings. The highest BCUT2D eigenvalue weighted by atomic mass is 31.2. The van der Waals surface area contributed by atoms with Crippen LogP contribution in [0.4, 0.5) is 0 Å². The van der Waals surface area contributed by atoms with E-state index in [1.165, 1.54) is 51.4 Å². The summed E-state index contributed by atoms with van der Waals surface area (Å²) in [5.74, 6) is -0.849. The molecule has 0 aromatic heterocycles. The molecule has 0 fully saturated rings. The predicted octanol–water partition coefficient (Wildman–Crippen LogP) is 6.21. The van der Waals surface area contributed by atoms with Gasteiger partial charge in [0.1, 0.15) is 6.61 Å². The van der Waals surface area contributed by atoms with Crippen molar-refractivity contribution < 1.29 is 37.6 Å². The zero-order chi connectivity index (χ0) is 26.9. The number of nitrogens with two attached hydrogens (primary N) is 1. The second-order valence-corrected chi connectivity index (χ2v) is 10.7. The molecule has 0 amide bonds. The average molecular weight is 538 g/mol. The van der Waals surface area contributed by atoms with Crippen molar-refractivity contribution in [3.05, 3.63) is 0 Å². The number of phosphoric acid groups is 1. The maximum Gasteiger partial charge on any atom is 0.472 e. The molecule has 0 aromatic carbocycles. The molecule has 1 unspecified atom stereocenters. The summed E-state index contributed by atoms with van der Waals surface area (Å²) in [5.41, 5.74) is 5.27. The van der Waals surface area contributed by atoms with Crippen LogP contribution in [0, 0.1) is 0 Å². The van der Waals surface area contributed by atoms with Gasteiger partial charge in [-0.05, 0) is 12.8 Å². The van der Waals surface area contributed by atoms with Gasteiger partial charge in [0.25, 0.3) is 0 Å². The second-order valence-electron chi connectivity index (χ2n) is 9.28. The summed E-state index contributed by atoms with van der Waals surface area (Å²) >= 11 is 0. The molecule has 0 saturated carbocycles. The number of phosphoric ester groups is 1. The minimum absolute atomic E-state index is 0.0565. The Balaban J connectivity index is 4.30. The van der Waals surface area contributed by atoms with E-state index in [9.17, 15) is 19.0 Å². The van der Waals surface area contributed by atoms with Gasteiger partial charge < -0.3 is 20.1 Å². The van der Waals surface area contributed by atoms with Gasteiger partial charge >= 0.3 is 19.8 Å². The third-order valence-electron chi connectivity index (χ3n) is 5.74. The summed E-state index contributed by atoms with van der Waals surface area (Å²) in [6, 6.07) is 0. The van der Waals surface area contributed by atoms with Crippen molar-refractivity contribution in [2.75, 3.05) is 26.4 Å². The smallest absolute Gasteiger partial charge is 0.462 e. The Morgan fingerprint density at radius 1 is 0.722 bits per heavy atom. The van der Waals surface area contributed by atoms with Crippen molar-refractivity contribution in [3.63, 3.8) is 0 Å². The van der Waals surface area contributed by atoms with Gasteiger partial charge in [-0.2, -0.15) is 0 Å². The molecule has 0 heterocycles. The van der Waals surface area contributed by atoms with E-state index in [2.05, 4.69) is 13.8 Å². The Kier molecular flexibility index (Phi) is 23.7.